The molecule has 0 saturated heterocycles. The van der Waals surface area contributed by atoms with Crippen molar-refractivity contribution in [3.05, 3.63) is 44.8 Å². The summed E-state index contributed by atoms with van der Waals surface area (Å²) in [6.07, 6.45) is -0.765. The average molecular weight is 447 g/mol. The molecule has 0 radical (unpaired) electrons. The number of nitrogens with one attached hydrogen (secondary N) is 1. The molecule has 0 aliphatic carbocycles. The van der Waals surface area contributed by atoms with Crippen molar-refractivity contribution in [1.82, 2.24) is 0 Å². The molecule has 1 heterocycles. The van der Waals surface area contributed by atoms with Gasteiger partial charge in [-0.05, 0) is 41.1 Å². The quantitative estimate of drug-likeness (QED) is 0.723. The fourth-order valence-corrected chi connectivity index (χ4v) is 3.08. The van der Waals surface area contributed by atoms with Crippen molar-refractivity contribution in [3.63, 3.8) is 0 Å². The Morgan fingerprint density at radius 1 is 1.20 bits per heavy atom. The minimum absolute atomic E-state index is 0.330. The van der Waals surface area contributed by atoms with Crippen molar-refractivity contribution < 1.29 is 19.0 Å². The van der Waals surface area contributed by atoms with E-state index in [0.717, 1.165) is 0 Å². The molecule has 0 spiro atoms. The predicted molar refractivity (Wildman–Crippen MR) is 100 cm³/mol. The molecule has 5 nitrogen and oxygen atoms in total. The second kappa shape index (κ2) is 7.72. The molecule has 2 aromatic rings. The van der Waals surface area contributed by atoms with E-state index in [-0.39, 0.29) is 5.91 Å². The van der Waals surface area contributed by atoms with Gasteiger partial charge < -0.3 is 19.5 Å². The molecule has 8 heteroatoms. The van der Waals surface area contributed by atoms with Gasteiger partial charge in [-0.1, -0.05) is 23.2 Å². The summed E-state index contributed by atoms with van der Waals surface area (Å²) in [5.74, 6) is 1.27. The van der Waals surface area contributed by atoms with E-state index in [2.05, 4.69) is 21.2 Å². The van der Waals surface area contributed by atoms with E-state index >= 15 is 0 Å². The van der Waals surface area contributed by atoms with Gasteiger partial charge in [0.2, 0.25) is 0 Å². The number of hydrogen-bond acceptors (Lipinski definition) is 4. The van der Waals surface area contributed by atoms with Crippen LogP contribution in [-0.2, 0) is 4.79 Å². The van der Waals surface area contributed by atoms with Gasteiger partial charge in [-0.2, -0.15) is 0 Å². The molecule has 25 heavy (non-hydrogen) atoms. The van der Waals surface area contributed by atoms with Crippen LogP contribution in [0.1, 0.15) is 6.92 Å². The Bertz CT molecular complexity index is 815. The van der Waals surface area contributed by atoms with Gasteiger partial charge in [0.1, 0.15) is 19.0 Å². The number of halogens is 3. The van der Waals surface area contributed by atoms with Crippen LogP contribution < -0.4 is 19.5 Å². The summed E-state index contributed by atoms with van der Waals surface area (Å²) < 4.78 is 17.3. The van der Waals surface area contributed by atoms with Crippen LogP contribution in [0.15, 0.2) is 34.8 Å². The lowest BCUT2D eigenvalue weighted by Crippen LogP contribution is -2.30. The van der Waals surface area contributed by atoms with Crippen LogP contribution >= 0.6 is 39.1 Å². The van der Waals surface area contributed by atoms with Gasteiger partial charge in [-0.3, -0.25) is 4.79 Å². The molecule has 1 atom stereocenters. The molecular formula is C17H14BrCl2NO4. The molecule has 1 aliphatic rings. The zero-order valence-corrected chi connectivity index (χ0v) is 16.2. The molecule has 3 rings (SSSR count). The molecular weight excluding hydrogens is 433 g/mol. The Morgan fingerprint density at radius 2 is 1.88 bits per heavy atom. The lowest BCUT2D eigenvalue weighted by molar-refractivity contribution is -0.122. The van der Waals surface area contributed by atoms with Crippen molar-refractivity contribution in [3.8, 4) is 17.2 Å². The normalized spacial score (nSPS) is 13.9. The first-order chi connectivity index (χ1) is 11.9. The van der Waals surface area contributed by atoms with E-state index in [9.17, 15) is 4.79 Å². The molecule has 0 fully saturated rings. The van der Waals surface area contributed by atoms with E-state index in [0.29, 0.717) is 50.7 Å². The van der Waals surface area contributed by atoms with Crippen molar-refractivity contribution in [1.29, 1.82) is 0 Å². The van der Waals surface area contributed by atoms with Gasteiger partial charge in [-0.15, -0.1) is 0 Å². The van der Waals surface area contributed by atoms with Crippen molar-refractivity contribution >= 4 is 50.7 Å². The zero-order valence-electron chi connectivity index (χ0n) is 13.1. The molecule has 2 aromatic carbocycles. The van der Waals surface area contributed by atoms with E-state index in [4.69, 9.17) is 37.4 Å². The fraction of sp³-hybridized carbons (Fsp3) is 0.235. The first-order valence-corrected chi connectivity index (χ1v) is 9.00. The van der Waals surface area contributed by atoms with Crippen LogP contribution in [0.5, 0.6) is 17.2 Å². The number of hydrogen-bond donors (Lipinski definition) is 1. The van der Waals surface area contributed by atoms with Crippen LogP contribution in [-0.4, -0.2) is 25.2 Å². The van der Waals surface area contributed by atoms with Crippen LogP contribution in [0.4, 0.5) is 5.69 Å². The van der Waals surface area contributed by atoms with Crippen LogP contribution in [0, 0.1) is 0 Å². The second-order valence-electron chi connectivity index (χ2n) is 5.30. The number of amides is 1. The van der Waals surface area contributed by atoms with Gasteiger partial charge >= 0.3 is 0 Å². The highest BCUT2D eigenvalue weighted by Gasteiger charge is 2.20. The lowest BCUT2D eigenvalue weighted by Gasteiger charge is -2.21. The summed E-state index contributed by atoms with van der Waals surface area (Å²) >= 11 is 15.3. The number of rotatable bonds is 4. The Balaban J connectivity index is 1.71. The first-order valence-electron chi connectivity index (χ1n) is 7.46. The SMILES string of the molecule is CC(Oc1ccc(Cl)cc1Cl)C(=O)Nc1cc2c(cc1Br)OCCO2. The number of anilines is 1. The maximum absolute atomic E-state index is 12.4. The monoisotopic (exact) mass is 445 g/mol. The second-order valence-corrected chi connectivity index (χ2v) is 7.00. The Morgan fingerprint density at radius 3 is 2.56 bits per heavy atom. The van der Waals surface area contributed by atoms with Gasteiger partial charge in [0, 0.05) is 21.6 Å². The van der Waals surface area contributed by atoms with Gasteiger partial charge in [0.05, 0.1) is 10.7 Å². The molecule has 1 unspecified atom stereocenters. The van der Waals surface area contributed by atoms with Gasteiger partial charge in [0.15, 0.2) is 17.6 Å². The molecule has 0 bridgehead atoms. The van der Waals surface area contributed by atoms with E-state index < -0.39 is 6.10 Å². The molecule has 1 amide bonds. The fourth-order valence-electron chi connectivity index (χ4n) is 2.21. The summed E-state index contributed by atoms with van der Waals surface area (Å²) in [5.41, 5.74) is 0.562. The van der Waals surface area contributed by atoms with E-state index in [1.165, 1.54) is 0 Å². The minimum Gasteiger partial charge on any atom is -0.486 e. The third-order valence-corrected chi connectivity index (χ3v) is 4.64. The van der Waals surface area contributed by atoms with Crippen LogP contribution in [0.2, 0.25) is 10.0 Å². The topological polar surface area (TPSA) is 56.8 Å². The smallest absolute Gasteiger partial charge is 0.265 e. The Hall–Kier alpha value is -1.63. The number of fused-ring (bicyclic) bond motifs is 1. The highest BCUT2D eigenvalue weighted by Crippen LogP contribution is 2.38. The number of carbonyl (C=O) groups is 1. The molecule has 0 aromatic heterocycles. The summed E-state index contributed by atoms with van der Waals surface area (Å²) in [7, 11) is 0. The van der Waals surface area contributed by atoms with Crippen LogP contribution in [0.3, 0.4) is 0 Å². The van der Waals surface area contributed by atoms with Gasteiger partial charge in [-0.25, -0.2) is 0 Å². The first kappa shape index (κ1) is 18.2. The summed E-state index contributed by atoms with van der Waals surface area (Å²) in [6.45, 7) is 2.60. The maximum atomic E-state index is 12.4. The summed E-state index contributed by atoms with van der Waals surface area (Å²) in [4.78, 5) is 12.4. The zero-order chi connectivity index (χ0) is 18.0. The van der Waals surface area contributed by atoms with Crippen molar-refractivity contribution in [2.45, 2.75) is 13.0 Å². The van der Waals surface area contributed by atoms with Crippen molar-refractivity contribution in [2.24, 2.45) is 0 Å². The molecule has 0 saturated carbocycles. The molecule has 1 aliphatic heterocycles. The highest BCUT2D eigenvalue weighted by atomic mass is 79.9. The predicted octanol–water partition coefficient (Wildman–Crippen LogP) is 4.93. The summed E-state index contributed by atoms with van der Waals surface area (Å²) in [5, 5.41) is 3.63. The number of ether oxygens (including phenoxy) is 3. The standard InChI is InChI=1S/C17H14BrCl2NO4/c1-9(25-14-3-2-10(19)6-12(14)20)17(22)21-13-8-16-15(7-11(13)18)23-4-5-24-16/h2-3,6-9H,4-5H2,1H3,(H,21,22). The average Bonchev–Trinajstić information content (AvgIpc) is 2.58. The van der Waals surface area contributed by atoms with Gasteiger partial charge in [0.25, 0.3) is 5.91 Å². The summed E-state index contributed by atoms with van der Waals surface area (Å²) in [6, 6.07) is 8.28. The van der Waals surface area contributed by atoms with E-state index in [1.807, 2.05) is 0 Å². The minimum atomic E-state index is -0.765. The highest BCUT2D eigenvalue weighted by molar-refractivity contribution is 9.10. The molecule has 1 N–H and O–H groups in total. The Labute approximate surface area is 163 Å². The third-order valence-electron chi connectivity index (χ3n) is 3.46. The largest absolute Gasteiger partial charge is 0.486 e. The Kier molecular flexibility index (Phi) is 5.61. The lowest BCUT2D eigenvalue weighted by atomic mass is 10.2. The van der Waals surface area contributed by atoms with Crippen LogP contribution in [0.25, 0.3) is 0 Å². The number of benzene rings is 2. The maximum Gasteiger partial charge on any atom is 0.265 e. The third kappa shape index (κ3) is 4.32. The van der Waals surface area contributed by atoms with E-state index in [1.54, 1.807) is 37.3 Å². The van der Waals surface area contributed by atoms with Crippen molar-refractivity contribution in [2.75, 3.05) is 18.5 Å². The molecule has 132 valence electrons. The number of carbonyl (C=O) groups excluding carboxylic acids is 1.